The largest absolute Gasteiger partial charge is 0.435 e. The van der Waals surface area contributed by atoms with Crippen molar-refractivity contribution in [3.63, 3.8) is 0 Å². The highest BCUT2D eigenvalue weighted by molar-refractivity contribution is 5.94. The molecule has 0 unspecified atom stereocenters. The van der Waals surface area contributed by atoms with Crippen molar-refractivity contribution in [1.29, 1.82) is 0 Å². The molecule has 1 aliphatic rings. The lowest BCUT2D eigenvalue weighted by Gasteiger charge is -2.18. The molecule has 23 heavy (non-hydrogen) atoms. The normalized spacial score (nSPS) is 13.1. The fourth-order valence-corrected chi connectivity index (χ4v) is 2.66. The molecule has 3 rings (SSSR count). The van der Waals surface area contributed by atoms with E-state index in [0.29, 0.717) is 5.69 Å². The lowest BCUT2D eigenvalue weighted by atomic mass is 10.2. The van der Waals surface area contributed by atoms with Gasteiger partial charge in [-0.2, -0.15) is 8.78 Å². The van der Waals surface area contributed by atoms with Crippen LogP contribution in [0.4, 0.5) is 20.2 Å². The molecule has 0 spiro atoms. The number of para-hydroxylation sites is 1. The van der Waals surface area contributed by atoms with Gasteiger partial charge in [-0.15, -0.1) is 0 Å². The molecule has 1 amide bonds. The van der Waals surface area contributed by atoms with Gasteiger partial charge in [-0.1, -0.05) is 18.2 Å². The maximum Gasteiger partial charge on any atom is 0.387 e. The minimum Gasteiger partial charge on any atom is -0.435 e. The van der Waals surface area contributed by atoms with Gasteiger partial charge in [0.05, 0.1) is 6.54 Å². The number of amides is 1. The molecule has 2 aromatic carbocycles. The van der Waals surface area contributed by atoms with Gasteiger partial charge in [-0.05, 0) is 42.3 Å². The molecule has 0 fully saturated rings. The Kier molecular flexibility index (Phi) is 4.41. The summed E-state index contributed by atoms with van der Waals surface area (Å²) >= 11 is 0. The van der Waals surface area contributed by atoms with E-state index in [1.807, 2.05) is 23.1 Å². The first-order valence-corrected chi connectivity index (χ1v) is 7.29. The van der Waals surface area contributed by atoms with Gasteiger partial charge in [0.15, 0.2) is 0 Å². The Morgan fingerprint density at radius 3 is 2.65 bits per heavy atom. The van der Waals surface area contributed by atoms with Gasteiger partial charge in [0, 0.05) is 17.9 Å². The molecule has 2 aromatic rings. The third-order valence-corrected chi connectivity index (χ3v) is 3.68. The van der Waals surface area contributed by atoms with Crippen LogP contribution in [-0.4, -0.2) is 25.6 Å². The summed E-state index contributed by atoms with van der Waals surface area (Å²) in [4.78, 5) is 14.2. The smallest absolute Gasteiger partial charge is 0.387 e. The third kappa shape index (κ3) is 3.77. The van der Waals surface area contributed by atoms with Crippen LogP contribution >= 0.6 is 0 Å². The van der Waals surface area contributed by atoms with Gasteiger partial charge in [0.2, 0.25) is 5.91 Å². The zero-order valence-electron chi connectivity index (χ0n) is 12.3. The Balaban J connectivity index is 1.58. The molecule has 4 nitrogen and oxygen atoms in total. The summed E-state index contributed by atoms with van der Waals surface area (Å²) in [5, 5.41) is 2.76. The number of alkyl halides is 2. The summed E-state index contributed by atoms with van der Waals surface area (Å²) in [6, 6.07) is 13.9. The molecule has 0 radical (unpaired) electrons. The number of hydrogen-bond donors (Lipinski definition) is 1. The Hall–Kier alpha value is -2.63. The fraction of sp³-hybridized carbons (Fsp3) is 0.235. The van der Waals surface area contributed by atoms with E-state index >= 15 is 0 Å². The van der Waals surface area contributed by atoms with Crippen LogP contribution in [0.5, 0.6) is 5.75 Å². The number of ether oxygens (including phenoxy) is 1. The molecular weight excluding hydrogens is 302 g/mol. The van der Waals surface area contributed by atoms with Crippen LogP contribution in [0.2, 0.25) is 0 Å². The Morgan fingerprint density at radius 2 is 1.91 bits per heavy atom. The number of carbonyl (C=O) groups is 1. The van der Waals surface area contributed by atoms with Crippen LogP contribution < -0.4 is 15.0 Å². The second-order valence-corrected chi connectivity index (χ2v) is 5.25. The lowest BCUT2D eigenvalue weighted by molar-refractivity contribution is -0.115. The summed E-state index contributed by atoms with van der Waals surface area (Å²) in [6.45, 7) is -1.79. The highest BCUT2D eigenvalue weighted by Gasteiger charge is 2.20. The van der Waals surface area contributed by atoms with Gasteiger partial charge in [0.25, 0.3) is 0 Å². The minimum atomic E-state index is -2.86. The molecular formula is C17H16F2N2O2. The zero-order valence-corrected chi connectivity index (χ0v) is 12.3. The first kappa shape index (κ1) is 15.3. The molecule has 0 aromatic heterocycles. The summed E-state index contributed by atoms with van der Waals surface area (Å²) in [5.41, 5.74) is 2.88. The molecule has 1 N–H and O–H groups in total. The average Bonchev–Trinajstić information content (AvgIpc) is 2.92. The topological polar surface area (TPSA) is 41.6 Å². The van der Waals surface area contributed by atoms with Crippen LogP contribution in [0.3, 0.4) is 0 Å². The SMILES string of the molecule is O=C(CN1CCc2ccccc21)Nc1ccc(OC(F)F)cc1. The Labute approximate surface area is 132 Å². The van der Waals surface area contributed by atoms with Crippen molar-refractivity contribution in [1.82, 2.24) is 0 Å². The Morgan fingerprint density at radius 1 is 1.17 bits per heavy atom. The van der Waals surface area contributed by atoms with Gasteiger partial charge < -0.3 is 15.0 Å². The van der Waals surface area contributed by atoms with Crippen LogP contribution in [-0.2, 0) is 11.2 Å². The molecule has 0 atom stereocenters. The van der Waals surface area contributed by atoms with E-state index in [2.05, 4.69) is 16.1 Å². The Bertz CT molecular complexity index is 689. The van der Waals surface area contributed by atoms with Gasteiger partial charge in [0.1, 0.15) is 5.75 Å². The van der Waals surface area contributed by atoms with E-state index in [9.17, 15) is 13.6 Å². The molecule has 120 valence electrons. The molecule has 1 aliphatic heterocycles. The number of nitrogens with zero attached hydrogens (tertiary/aromatic N) is 1. The first-order chi connectivity index (χ1) is 11.1. The number of hydrogen-bond acceptors (Lipinski definition) is 3. The maximum absolute atomic E-state index is 12.1. The molecule has 0 saturated carbocycles. The van der Waals surface area contributed by atoms with Crippen LogP contribution in [0.25, 0.3) is 0 Å². The number of rotatable bonds is 5. The van der Waals surface area contributed by atoms with E-state index in [1.165, 1.54) is 29.8 Å². The van der Waals surface area contributed by atoms with E-state index in [-0.39, 0.29) is 18.2 Å². The van der Waals surface area contributed by atoms with Crippen LogP contribution in [0, 0.1) is 0 Å². The molecule has 0 aliphatic carbocycles. The van der Waals surface area contributed by atoms with E-state index < -0.39 is 6.61 Å². The number of nitrogens with one attached hydrogen (secondary N) is 1. The second-order valence-electron chi connectivity index (χ2n) is 5.25. The summed E-state index contributed by atoms with van der Waals surface area (Å²) in [5.74, 6) is -0.0873. The molecule has 6 heteroatoms. The minimum absolute atomic E-state index is 0.0615. The van der Waals surface area contributed by atoms with Crippen molar-refractivity contribution in [2.24, 2.45) is 0 Å². The van der Waals surface area contributed by atoms with Gasteiger partial charge in [-0.3, -0.25) is 4.79 Å². The maximum atomic E-state index is 12.1. The molecule has 0 bridgehead atoms. The monoisotopic (exact) mass is 318 g/mol. The molecule has 0 saturated heterocycles. The standard InChI is InChI=1S/C17H16F2N2O2/c18-17(19)23-14-7-5-13(6-8-14)20-16(22)11-21-10-9-12-3-1-2-4-15(12)21/h1-8,17H,9-11H2,(H,20,22). The molecule has 1 heterocycles. The second kappa shape index (κ2) is 6.64. The summed E-state index contributed by atoms with van der Waals surface area (Å²) in [6.07, 6.45) is 0.934. The fourth-order valence-electron chi connectivity index (χ4n) is 2.66. The highest BCUT2D eigenvalue weighted by atomic mass is 19.3. The predicted octanol–water partition coefficient (Wildman–Crippen LogP) is 3.29. The van der Waals surface area contributed by atoms with E-state index in [4.69, 9.17) is 0 Å². The van der Waals surface area contributed by atoms with E-state index in [1.54, 1.807) is 0 Å². The number of halogens is 2. The summed E-state index contributed by atoms with van der Waals surface area (Å²) < 4.78 is 28.4. The van der Waals surface area contributed by atoms with Crippen LogP contribution in [0.15, 0.2) is 48.5 Å². The van der Waals surface area contributed by atoms with Crippen molar-refractivity contribution >= 4 is 17.3 Å². The van der Waals surface area contributed by atoms with E-state index in [0.717, 1.165) is 18.7 Å². The van der Waals surface area contributed by atoms with Crippen molar-refractivity contribution < 1.29 is 18.3 Å². The highest BCUT2D eigenvalue weighted by Crippen LogP contribution is 2.27. The van der Waals surface area contributed by atoms with Crippen LogP contribution in [0.1, 0.15) is 5.56 Å². The number of anilines is 2. The third-order valence-electron chi connectivity index (χ3n) is 3.68. The predicted molar refractivity (Wildman–Crippen MR) is 84.1 cm³/mol. The van der Waals surface area contributed by atoms with Crippen molar-refractivity contribution in [3.8, 4) is 5.75 Å². The summed E-state index contributed by atoms with van der Waals surface area (Å²) in [7, 11) is 0. The van der Waals surface area contributed by atoms with Crippen molar-refractivity contribution in [2.45, 2.75) is 13.0 Å². The number of fused-ring (bicyclic) bond motifs is 1. The number of benzene rings is 2. The van der Waals surface area contributed by atoms with Gasteiger partial charge >= 0.3 is 6.61 Å². The first-order valence-electron chi connectivity index (χ1n) is 7.29. The average molecular weight is 318 g/mol. The number of carbonyl (C=O) groups excluding carboxylic acids is 1. The van der Waals surface area contributed by atoms with Crippen molar-refractivity contribution in [2.75, 3.05) is 23.3 Å². The van der Waals surface area contributed by atoms with Gasteiger partial charge in [-0.25, -0.2) is 0 Å². The lowest BCUT2D eigenvalue weighted by Crippen LogP contribution is -2.31. The quantitative estimate of drug-likeness (QED) is 0.920. The zero-order chi connectivity index (χ0) is 16.2. The van der Waals surface area contributed by atoms with Crippen molar-refractivity contribution in [3.05, 3.63) is 54.1 Å².